The van der Waals surface area contributed by atoms with E-state index >= 15 is 0 Å². The van der Waals surface area contributed by atoms with Crippen LogP contribution in [0, 0.1) is 5.92 Å². The zero-order valence-electron chi connectivity index (χ0n) is 9.45. The molecule has 15 heavy (non-hydrogen) atoms. The molecule has 4 nitrogen and oxygen atoms in total. The van der Waals surface area contributed by atoms with Crippen LogP contribution in [-0.2, 0) is 19.4 Å². The van der Waals surface area contributed by atoms with Gasteiger partial charge in [-0.15, -0.1) is 0 Å². The fraction of sp³-hybridized carbons (Fsp3) is 0.700. The largest absolute Gasteiger partial charge is 0.461 e. The van der Waals surface area contributed by atoms with Crippen molar-refractivity contribution < 1.29 is 17.9 Å². The first-order valence-electron chi connectivity index (χ1n) is 4.77. The van der Waals surface area contributed by atoms with Crippen LogP contribution in [0.25, 0.3) is 0 Å². The average Bonchev–Trinajstić information content (AvgIpc) is 2.00. The van der Waals surface area contributed by atoms with E-state index in [-0.39, 0.29) is 29.6 Å². The molecule has 0 aliphatic carbocycles. The van der Waals surface area contributed by atoms with E-state index in [0.29, 0.717) is 0 Å². The molecular formula is C10H18O4S. The van der Waals surface area contributed by atoms with E-state index in [1.54, 1.807) is 0 Å². The molecule has 0 saturated carbocycles. The zero-order valence-corrected chi connectivity index (χ0v) is 10.3. The number of sulfone groups is 1. The van der Waals surface area contributed by atoms with Crippen molar-refractivity contribution in [3.63, 3.8) is 0 Å². The summed E-state index contributed by atoms with van der Waals surface area (Å²) in [5, 5.41) is 0. The van der Waals surface area contributed by atoms with Crippen LogP contribution < -0.4 is 0 Å². The topological polar surface area (TPSA) is 60.4 Å². The molecular weight excluding hydrogens is 216 g/mol. The van der Waals surface area contributed by atoms with Crippen molar-refractivity contribution in [2.45, 2.75) is 20.8 Å². The number of hydrogen-bond donors (Lipinski definition) is 0. The first-order valence-corrected chi connectivity index (χ1v) is 6.60. The van der Waals surface area contributed by atoms with Crippen molar-refractivity contribution in [3.05, 3.63) is 12.2 Å². The molecule has 5 heteroatoms. The normalized spacial score (nSPS) is 11.5. The lowest BCUT2D eigenvalue weighted by molar-refractivity contribution is -0.138. The Bertz CT molecular complexity index is 327. The van der Waals surface area contributed by atoms with Gasteiger partial charge in [-0.1, -0.05) is 20.4 Å². The van der Waals surface area contributed by atoms with Gasteiger partial charge in [0, 0.05) is 5.57 Å². The van der Waals surface area contributed by atoms with E-state index in [4.69, 9.17) is 4.74 Å². The number of rotatable bonds is 6. The van der Waals surface area contributed by atoms with Gasteiger partial charge < -0.3 is 4.74 Å². The van der Waals surface area contributed by atoms with Gasteiger partial charge in [0.1, 0.15) is 6.61 Å². The van der Waals surface area contributed by atoms with E-state index in [9.17, 15) is 13.2 Å². The van der Waals surface area contributed by atoms with Crippen LogP contribution in [0.1, 0.15) is 20.8 Å². The molecule has 0 rings (SSSR count). The second-order valence-electron chi connectivity index (χ2n) is 3.92. The highest BCUT2D eigenvalue weighted by Crippen LogP contribution is 2.01. The minimum atomic E-state index is -3.11. The monoisotopic (exact) mass is 234 g/mol. The Kier molecular flexibility index (Phi) is 5.57. The Morgan fingerprint density at radius 2 is 1.93 bits per heavy atom. The van der Waals surface area contributed by atoms with Crippen molar-refractivity contribution in [2.24, 2.45) is 5.92 Å². The lowest BCUT2D eigenvalue weighted by Crippen LogP contribution is -2.20. The molecule has 0 unspecified atom stereocenters. The van der Waals surface area contributed by atoms with Crippen molar-refractivity contribution in [1.82, 2.24) is 0 Å². The maximum Gasteiger partial charge on any atom is 0.333 e. The van der Waals surface area contributed by atoms with Crippen LogP contribution in [0.15, 0.2) is 12.2 Å². The minimum absolute atomic E-state index is 0.0897. The second kappa shape index (κ2) is 5.90. The Labute approximate surface area is 91.2 Å². The van der Waals surface area contributed by atoms with Gasteiger partial charge in [-0.25, -0.2) is 13.2 Å². The first-order chi connectivity index (χ1) is 6.74. The summed E-state index contributed by atoms with van der Waals surface area (Å²) >= 11 is 0. The van der Waals surface area contributed by atoms with Gasteiger partial charge in [-0.05, 0) is 12.8 Å². The quantitative estimate of drug-likeness (QED) is 0.511. The number of ether oxygens (including phenoxy) is 1. The van der Waals surface area contributed by atoms with Crippen molar-refractivity contribution in [2.75, 3.05) is 18.1 Å². The predicted molar refractivity (Wildman–Crippen MR) is 59.3 cm³/mol. The SMILES string of the molecule is C=C(C)C(=O)OCCS(=O)(=O)CC(C)C. The molecule has 0 fully saturated rings. The van der Waals surface area contributed by atoms with Gasteiger partial charge in [-0.2, -0.15) is 0 Å². The Morgan fingerprint density at radius 1 is 1.40 bits per heavy atom. The Balaban J connectivity index is 3.96. The highest BCUT2D eigenvalue weighted by Gasteiger charge is 2.14. The minimum Gasteiger partial charge on any atom is -0.461 e. The summed E-state index contributed by atoms with van der Waals surface area (Å²) in [6, 6.07) is 0. The number of carbonyl (C=O) groups is 1. The van der Waals surface area contributed by atoms with Crippen LogP contribution in [0.4, 0.5) is 0 Å². The van der Waals surface area contributed by atoms with Crippen molar-refractivity contribution >= 4 is 15.8 Å². The fourth-order valence-corrected chi connectivity index (χ4v) is 2.50. The molecule has 0 aliphatic heterocycles. The fourth-order valence-electron chi connectivity index (χ4n) is 0.976. The summed E-state index contributed by atoms with van der Waals surface area (Å²) in [5.41, 5.74) is 0.274. The van der Waals surface area contributed by atoms with Crippen molar-refractivity contribution in [3.8, 4) is 0 Å². The third kappa shape index (κ3) is 7.13. The third-order valence-electron chi connectivity index (χ3n) is 1.56. The molecule has 0 spiro atoms. The smallest absolute Gasteiger partial charge is 0.333 e. The third-order valence-corrected chi connectivity index (χ3v) is 3.53. The highest BCUT2D eigenvalue weighted by molar-refractivity contribution is 7.91. The molecule has 0 aromatic rings. The van der Waals surface area contributed by atoms with Crippen molar-refractivity contribution in [1.29, 1.82) is 0 Å². The molecule has 0 saturated heterocycles. The van der Waals surface area contributed by atoms with Crippen LogP contribution in [0.3, 0.4) is 0 Å². The van der Waals surface area contributed by atoms with E-state index in [0.717, 1.165) is 0 Å². The van der Waals surface area contributed by atoms with E-state index in [1.165, 1.54) is 6.92 Å². The molecule has 0 heterocycles. The maximum atomic E-state index is 11.4. The number of esters is 1. The lowest BCUT2D eigenvalue weighted by Gasteiger charge is -2.07. The Morgan fingerprint density at radius 3 is 2.33 bits per heavy atom. The average molecular weight is 234 g/mol. The molecule has 88 valence electrons. The highest BCUT2D eigenvalue weighted by atomic mass is 32.2. The molecule has 0 bridgehead atoms. The molecule has 0 radical (unpaired) electrons. The summed E-state index contributed by atoms with van der Waals surface area (Å²) in [5.74, 6) is -0.455. The predicted octanol–water partition coefficient (Wildman–Crippen LogP) is 1.18. The van der Waals surface area contributed by atoms with Crippen LogP contribution in [0.2, 0.25) is 0 Å². The van der Waals surface area contributed by atoms with Gasteiger partial charge in [0.2, 0.25) is 0 Å². The number of carbonyl (C=O) groups excluding carboxylic acids is 1. The van der Waals surface area contributed by atoms with Crippen LogP contribution >= 0.6 is 0 Å². The van der Waals surface area contributed by atoms with Gasteiger partial charge in [0.05, 0.1) is 11.5 Å². The molecule has 0 aromatic heterocycles. The molecule has 0 atom stereocenters. The summed E-state index contributed by atoms with van der Waals surface area (Å²) in [4.78, 5) is 10.9. The molecule has 0 aromatic carbocycles. The summed E-state index contributed by atoms with van der Waals surface area (Å²) in [7, 11) is -3.11. The van der Waals surface area contributed by atoms with Crippen LogP contribution in [0.5, 0.6) is 0 Å². The first kappa shape index (κ1) is 14.2. The zero-order chi connectivity index (χ0) is 12.1. The van der Waals surface area contributed by atoms with Gasteiger partial charge in [0.15, 0.2) is 9.84 Å². The van der Waals surface area contributed by atoms with Crippen LogP contribution in [-0.4, -0.2) is 32.5 Å². The van der Waals surface area contributed by atoms with E-state index < -0.39 is 15.8 Å². The lowest BCUT2D eigenvalue weighted by atomic mass is 10.3. The molecule has 0 amide bonds. The second-order valence-corrected chi connectivity index (χ2v) is 6.15. The summed E-state index contributed by atoms with van der Waals surface area (Å²) in [6.07, 6.45) is 0. The Hall–Kier alpha value is -0.840. The van der Waals surface area contributed by atoms with E-state index in [2.05, 4.69) is 6.58 Å². The van der Waals surface area contributed by atoms with Gasteiger partial charge in [-0.3, -0.25) is 0 Å². The summed E-state index contributed by atoms with van der Waals surface area (Å²) < 4.78 is 27.5. The standard InChI is InChI=1S/C10H18O4S/c1-8(2)7-15(12,13)6-5-14-10(11)9(3)4/h8H,3,5-7H2,1-2,4H3. The van der Waals surface area contributed by atoms with E-state index in [1.807, 2.05) is 13.8 Å². The van der Waals surface area contributed by atoms with Gasteiger partial charge in [0.25, 0.3) is 0 Å². The van der Waals surface area contributed by atoms with Gasteiger partial charge >= 0.3 is 5.97 Å². The number of hydrogen-bond acceptors (Lipinski definition) is 4. The summed E-state index contributed by atoms with van der Waals surface area (Å²) in [6.45, 7) is 8.48. The molecule has 0 aliphatic rings. The maximum absolute atomic E-state index is 11.4. The molecule has 0 N–H and O–H groups in total.